The summed E-state index contributed by atoms with van der Waals surface area (Å²) < 4.78 is 9.48. The lowest BCUT2D eigenvalue weighted by Gasteiger charge is -2.19. The predicted octanol–water partition coefficient (Wildman–Crippen LogP) is 22.2. The summed E-state index contributed by atoms with van der Waals surface area (Å²) in [6.07, 6.45) is 0. The lowest BCUT2D eigenvalue weighted by atomic mass is 9.96. The third-order valence-electron chi connectivity index (χ3n) is 18.8. The molecule has 4 heterocycles. The van der Waals surface area contributed by atoms with Crippen LogP contribution >= 0.6 is 0 Å². The highest BCUT2D eigenvalue weighted by atomic mass is 15.0. The Balaban J connectivity index is 0.814. The van der Waals surface area contributed by atoms with Crippen LogP contribution in [-0.4, -0.2) is 18.3 Å². The van der Waals surface area contributed by atoms with Gasteiger partial charge < -0.3 is 18.3 Å². The van der Waals surface area contributed by atoms with Crippen molar-refractivity contribution in [2.45, 2.75) is 0 Å². The van der Waals surface area contributed by atoms with Crippen molar-refractivity contribution < 1.29 is 0 Å². The van der Waals surface area contributed by atoms with Crippen LogP contribution in [0.1, 0.15) is 11.1 Å². The molecule has 0 amide bonds. The topological polar surface area (TPSA) is 67.3 Å². The molecule has 4 aromatic heterocycles. The van der Waals surface area contributed by atoms with E-state index >= 15 is 0 Å². The van der Waals surface area contributed by atoms with Gasteiger partial charge in [-0.2, -0.15) is 10.5 Å². The lowest BCUT2D eigenvalue weighted by molar-refractivity contribution is 1.16. The monoisotopic (exact) mass is 1170 g/mol. The highest BCUT2D eigenvalue weighted by Gasteiger charge is 2.24. The summed E-state index contributed by atoms with van der Waals surface area (Å²) in [4.78, 5) is 0. The predicted molar refractivity (Wildman–Crippen MR) is 380 cm³/mol. The summed E-state index contributed by atoms with van der Waals surface area (Å²) in [7, 11) is 0. The molecule has 0 unspecified atom stereocenters. The first-order chi connectivity index (χ1) is 45.5. The number of nitriles is 2. The minimum absolute atomic E-state index is 0.516. The molecule has 0 saturated carbocycles. The maximum absolute atomic E-state index is 10.8. The van der Waals surface area contributed by atoms with Crippen LogP contribution in [0.15, 0.2) is 315 Å². The van der Waals surface area contributed by atoms with Gasteiger partial charge in [0.2, 0.25) is 0 Å². The minimum atomic E-state index is 0.516. The number of rotatable bonds is 9. The zero-order valence-electron chi connectivity index (χ0n) is 49.7. The van der Waals surface area contributed by atoms with E-state index in [9.17, 15) is 10.5 Å². The number of para-hydroxylation sites is 6. The van der Waals surface area contributed by atoms with Gasteiger partial charge in [0.1, 0.15) is 0 Å². The van der Waals surface area contributed by atoms with E-state index in [4.69, 9.17) is 0 Å². The van der Waals surface area contributed by atoms with Crippen molar-refractivity contribution >= 4 is 87.2 Å². The van der Waals surface area contributed by atoms with Crippen molar-refractivity contribution in [1.29, 1.82) is 10.5 Å². The van der Waals surface area contributed by atoms with Gasteiger partial charge in [-0.3, -0.25) is 0 Å². The average molecular weight is 1170 g/mol. The third kappa shape index (κ3) is 8.26. The number of fused-ring (bicyclic) bond motifs is 12. The molecule has 18 rings (SSSR count). The third-order valence-corrected chi connectivity index (χ3v) is 18.8. The molecule has 18 aromatic rings. The number of hydrogen-bond acceptors (Lipinski definition) is 2. The molecule has 426 valence electrons. The second-order valence-electron chi connectivity index (χ2n) is 23.9. The molecule has 0 fully saturated rings. The molecule has 0 atom stereocenters. The smallest absolute Gasteiger partial charge is 0.0991 e. The highest BCUT2D eigenvalue weighted by molar-refractivity contribution is 6.14. The van der Waals surface area contributed by atoms with Crippen LogP contribution in [0.3, 0.4) is 0 Å². The number of benzene rings is 14. The fourth-order valence-corrected chi connectivity index (χ4v) is 14.7. The summed E-state index contributed by atoms with van der Waals surface area (Å²) in [5, 5.41) is 30.8. The number of hydrogen-bond donors (Lipinski definition) is 0. The van der Waals surface area contributed by atoms with Gasteiger partial charge >= 0.3 is 0 Å². The molecular weight excluding hydrogens is 1120 g/mol. The SMILES string of the molecule is N#Cc1ccc(-n2c3ccccc3c3cc(-c4cc(-c5ccccc5)cc(-n5c6ccccc6c6ccccc65)c4)ccc32)c(-c2cc(C#N)ccc2-n2c3ccccc3c3cc(-c4cc(-c5ccccc5)cc(-n5c6ccccc6c6ccccc65)c4)ccc32)c1. The first-order valence-electron chi connectivity index (χ1n) is 31.1. The van der Waals surface area contributed by atoms with E-state index in [-0.39, 0.29) is 0 Å². The fourth-order valence-electron chi connectivity index (χ4n) is 14.7. The van der Waals surface area contributed by atoms with Crippen molar-refractivity contribution in [3.63, 3.8) is 0 Å². The molecule has 0 spiro atoms. The molecule has 0 N–H and O–H groups in total. The Kier molecular flexibility index (Phi) is 11.9. The summed E-state index contributed by atoms with van der Waals surface area (Å²) in [6.45, 7) is 0. The largest absolute Gasteiger partial charge is 0.309 e. The number of aromatic nitrogens is 4. The van der Waals surface area contributed by atoms with E-state index in [1.165, 1.54) is 21.5 Å². The molecule has 6 nitrogen and oxygen atoms in total. The lowest BCUT2D eigenvalue weighted by Crippen LogP contribution is -2.02. The fraction of sp³-hybridized carbons (Fsp3) is 0. The molecule has 6 heteroatoms. The van der Waals surface area contributed by atoms with E-state index < -0.39 is 0 Å². The maximum Gasteiger partial charge on any atom is 0.0991 e. The van der Waals surface area contributed by atoms with Crippen molar-refractivity contribution in [1.82, 2.24) is 18.3 Å². The first kappa shape index (κ1) is 52.4. The Bertz CT molecular complexity index is 5670. The van der Waals surface area contributed by atoms with Gasteiger partial charge in [-0.25, -0.2) is 0 Å². The van der Waals surface area contributed by atoms with E-state index in [0.29, 0.717) is 11.1 Å². The zero-order valence-corrected chi connectivity index (χ0v) is 49.7. The average Bonchev–Trinajstić information content (AvgIpc) is 1.56. The minimum Gasteiger partial charge on any atom is -0.309 e. The van der Waals surface area contributed by atoms with Crippen LogP contribution in [0.2, 0.25) is 0 Å². The molecular formula is C86H52N6. The van der Waals surface area contributed by atoms with Crippen LogP contribution in [0.5, 0.6) is 0 Å². The Hall–Kier alpha value is -12.7. The van der Waals surface area contributed by atoms with Crippen molar-refractivity contribution in [3.05, 3.63) is 327 Å². The van der Waals surface area contributed by atoms with Crippen LogP contribution in [0, 0.1) is 22.7 Å². The van der Waals surface area contributed by atoms with E-state index in [1.807, 2.05) is 24.3 Å². The Morgan fingerprint density at radius 3 is 0.815 bits per heavy atom. The van der Waals surface area contributed by atoms with Gasteiger partial charge in [-0.05, 0) is 178 Å². The van der Waals surface area contributed by atoms with E-state index in [2.05, 4.69) is 322 Å². The standard InChI is InChI=1S/C86H52N6/c87-53-55-35-39-83(91-81-33-17-11-27-71(81)75-51-59(37-41-85(75)91)63-45-61(57-19-3-1-4-20-57)47-65(49-63)89-77-29-13-7-23-67(77)68-24-8-14-30-78(68)89)73(43-55)74-44-56(54-88)36-40-84(74)92-82-34-18-12-28-72(82)76-52-60(38-42-86(76)92)64-46-62(58-21-5-2-6-22-58)48-66(50-64)90-79-31-15-9-25-69(79)70-26-10-16-32-80(70)90/h1-52H. The second-order valence-corrected chi connectivity index (χ2v) is 23.9. The maximum atomic E-state index is 10.8. The van der Waals surface area contributed by atoms with Gasteiger partial charge in [-0.15, -0.1) is 0 Å². The summed E-state index contributed by atoms with van der Waals surface area (Å²) >= 11 is 0. The van der Waals surface area contributed by atoms with Gasteiger partial charge in [0.15, 0.2) is 0 Å². The molecule has 0 saturated heterocycles. The normalized spacial score (nSPS) is 11.7. The molecule has 0 bridgehead atoms. The molecule has 92 heavy (non-hydrogen) atoms. The molecule has 14 aromatic carbocycles. The Labute approximate surface area is 530 Å². The second kappa shape index (κ2) is 21.0. The molecule has 0 aliphatic heterocycles. The Morgan fingerprint density at radius 1 is 0.196 bits per heavy atom. The first-order valence-corrected chi connectivity index (χ1v) is 31.1. The molecule has 0 radical (unpaired) electrons. The van der Waals surface area contributed by atoms with Crippen LogP contribution in [0.4, 0.5) is 0 Å². The van der Waals surface area contributed by atoms with Crippen LogP contribution < -0.4 is 0 Å². The van der Waals surface area contributed by atoms with E-state index in [1.54, 1.807) is 0 Å². The van der Waals surface area contributed by atoms with Crippen molar-refractivity contribution in [3.8, 4) is 90.5 Å². The van der Waals surface area contributed by atoms with Gasteiger partial charge in [0.05, 0.1) is 78.8 Å². The van der Waals surface area contributed by atoms with Crippen molar-refractivity contribution in [2.24, 2.45) is 0 Å². The Morgan fingerprint density at radius 2 is 0.478 bits per heavy atom. The van der Waals surface area contributed by atoms with Crippen LogP contribution in [-0.2, 0) is 0 Å². The van der Waals surface area contributed by atoms with Gasteiger partial charge in [0.25, 0.3) is 0 Å². The molecule has 0 aliphatic rings. The van der Waals surface area contributed by atoms with Gasteiger partial charge in [-0.1, -0.05) is 182 Å². The van der Waals surface area contributed by atoms with Gasteiger partial charge in [0, 0.05) is 65.6 Å². The summed E-state index contributed by atoms with van der Waals surface area (Å²) in [5.74, 6) is 0. The summed E-state index contributed by atoms with van der Waals surface area (Å²) in [5.41, 5.74) is 24.2. The molecule has 0 aliphatic carbocycles. The number of nitrogens with zero attached hydrogens (tertiary/aromatic N) is 6. The van der Waals surface area contributed by atoms with E-state index in [0.717, 1.165) is 144 Å². The summed E-state index contributed by atoms with van der Waals surface area (Å²) in [6, 6.07) is 118. The quantitative estimate of drug-likeness (QED) is 0.145. The zero-order chi connectivity index (χ0) is 61.0. The van der Waals surface area contributed by atoms with Crippen LogP contribution in [0.25, 0.3) is 166 Å². The van der Waals surface area contributed by atoms with Crippen molar-refractivity contribution in [2.75, 3.05) is 0 Å². The highest BCUT2D eigenvalue weighted by Crippen LogP contribution is 2.45.